The molecule has 32 heavy (non-hydrogen) atoms. The number of carbonyl (C=O) groups excluding carboxylic acids is 2. The van der Waals surface area contributed by atoms with Crippen LogP contribution in [-0.4, -0.2) is 46.2 Å². The van der Waals surface area contributed by atoms with Crippen molar-refractivity contribution in [2.75, 3.05) is 0 Å². The Bertz CT molecular complexity index is 889. The van der Waals surface area contributed by atoms with Crippen molar-refractivity contribution in [2.24, 2.45) is 11.8 Å². The second kappa shape index (κ2) is 9.64. The van der Waals surface area contributed by atoms with Gasteiger partial charge in [0.1, 0.15) is 11.9 Å². The van der Waals surface area contributed by atoms with Crippen LogP contribution in [0, 0.1) is 17.7 Å². The molecule has 6 nitrogen and oxygen atoms in total. The summed E-state index contributed by atoms with van der Waals surface area (Å²) in [7, 11) is 0. The van der Waals surface area contributed by atoms with E-state index >= 15 is 0 Å². The number of alkyl halides is 3. The fourth-order valence-electron chi connectivity index (χ4n) is 4.53. The number of aryl methyl sites for hydroxylation is 1. The van der Waals surface area contributed by atoms with Crippen molar-refractivity contribution in [3.63, 3.8) is 0 Å². The van der Waals surface area contributed by atoms with Crippen molar-refractivity contribution < 1.29 is 37.1 Å². The molecular weight excluding hydrogens is 456 g/mol. The average molecular weight is 479 g/mol. The number of carboxylic acids is 1. The smallest absolute Gasteiger partial charge is 0.408 e. The van der Waals surface area contributed by atoms with Crippen LogP contribution in [0.2, 0.25) is 5.02 Å². The molecule has 1 saturated carbocycles. The highest BCUT2D eigenvalue weighted by atomic mass is 35.5. The molecule has 1 aliphatic carbocycles. The van der Waals surface area contributed by atoms with Gasteiger partial charge in [0.2, 0.25) is 5.91 Å². The van der Waals surface area contributed by atoms with Crippen LogP contribution in [0.3, 0.4) is 0 Å². The molecule has 3 amide bonds. The van der Waals surface area contributed by atoms with E-state index in [1.54, 1.807) is 0 Å². The first-order chi connectivity index (χ1) is 15.0. The lowest BCUT2D eigenvalue weighted by Crippen LogP contribution is -2.69. The molecule has 11 heteroatoms. The molecule has 0 radical (unpaired) electrons. The number of aliphatic carboxylic acids is 1. The van der Waals surface area contributed by atoms with Gasteiger partial charge in [-0.2, -0.15) is 13.2 Å². The maximum atomic E-state index is 14.0. The van der Waals surface area contributed by atoms with Crippen molar-refractivity contribution in [3.05, 3.63) is 34.6 Å². The van der Waals surface area contributed by atoms with Gasteiger partial charge in [-0.3, -0.25) is 4.79 Å². The molecule has 176 valence electrons. The first kappa shape index (κ1) is 24.3. The zero-order valence-corrected chi connectivity index (χ0v) is 17.8. The monoisotopic (exact) mass is 478 g/mol. The Labute approximate surface area is 186 Å². The van der Waals surface area contributed by atoms with Gasteiger partial charge in [0, 0.05) is 0 Å². The molecule has 1 saturated heterocycles. The van der Waals surface area contributed by atoms with Crippen molar-refractivity contribution in [2.45, 2.75) is 63.2 Å². The number of carbonyl (C=O) groups is 3. The molecule has 1 heterocycles. The van der Waals surface area contributed by atoms with E-state index in [1.807, 2.05) is 5.32 Å². The number of urea groups is 1. The van der Waals surface area contributed by atoms with Gasteiger partial charge in [0.15, 0.2) is 6.04 Å². The van der Waals surface area contributed by atoms with Crippen LogP contribution in [0.1, 0.15) is 44.1 Å². The minimum Gasteiger partial charge on any atom is -0.480 e. The van der Waals surface area contributed by atoms with Crippen LogP contribution in [0.4, 0.5) is 22.4 Å². The van der Waals surface area contributed by atoms with E-state index < -0.39 is 53.8 Å². The lowest BCUT2D eigenvalue weighted by molar-refractivity contribution is -0.173. The predicted molar refractivity (Wildman–Crippen MR) is 106 cm³/mol. The van der Waals surface area contributed by atoms with Gasteiger partial charge in [-0.05, 0) is 43.2 Å². The van der Waals surface area contributed by atoms with Gasteiger partial charge in [-0.1, -0.05) is 43.0 Å². The summed E-state index contributed by atoms with van der Waals surface area (Å²) >= 11 is 5.71. The topological polar surface area (TPSA) is 86.7 Å². The summed E-state index contributed by atoms with van der Waals surface area (Å²) in [6.07, 6.45) is -2.24. The molecule has 1 aliphatic heterocycles. The second-order valence-electron chi connectivity index (χ2n) is 8.22. The highest BCUT2D eigenvalue weighted by Gasteiger charge is 2.56. The number of imide groups is 1. The third-order valence-corrected chi connectivity index (χ3v) is 6.49. The van der Waals surface area contributed by atoms with Gasteiger partial charge in [-0.25, -0.2) is 18.9 Å². The molecule has 2 aliphatic rings. The van der Waals surface area contributed by atoms with Crippen LogP contribution < -0.4 is 5.32 Å². The molecule has 2 N–H and O–H groups in total. The fraction of sp³-hybridized carbons (Fsp3) is 0.571. The zero-order valence-electron chi connectivity index (χ0n) is 17.0. The number of hydrogen-bond donors (Lipinski definition) is 2. The van der Waals surface area contributed by atoms with E-state index in [1.165, 1.54) is 18.2 Å². The highest BCUT2D eigenvalue weighted by Crippen LogP contribution is 2.36. The number of amides is 3. The summed E-state index contributed by atoms with van der Waals surface area (Å²) in [5.41, 5.74) is 0.173. The van der Waals surface area contributed by atoms with Crippen LogP contribution in [0.5, 0.6) is 0 Å². The fourth-order valence-corrected chi connectivity index (χ4v) is 4.72. The second-order valence-corrected chi connectivity index (χ2v) is 8.62. The van der Waals surface area contributed by atoms with E-state index in [9.17, 15) is 37.1 Å². The molecular formula is C21H23ClF4N2O4. The number of rotatable bonds is 6. The number of carboxylic acid groups (broad SMARTS) is 1. The Morgan fingerprint density at radius 3 is 2.47 bits per heavy atom. The Kier molecular flexibility index (Phi) is 7.32. The maximum absolute atomic E-state index is 14.0. The van der Waals surface area contributed by atoms with E-state index in [-0.39, 0.29) is 36.3 Å². The maximum Gasteiger partial charge on any atom is 0.408 e. The third-order valence-electron chi connectivity index (χ3n) is 6.19. The Morgan fingerprint density at radius 2 is 1.88 bits per heavy atom. The van der Waals surface area contributed by atoms with Crippen LogP contribution in [-0.2, 0) is 16.0 Å². The molecule has 3 rings (SSSR count). The summed E-state index contributed by atoms with van der Waals surface area (Å²) in [5, 5.41) is 11.2. The van der Waals surface area contributed by atoms with Crippen LogP contribution in [0.15, 0.2) is 18.2 Å². The first-order valence-corrected chi connectivity index (χ1v) is 10.8. The third kappa shape index (κ3) is 5.00. The summed E-state index contributed by atoms with van der Waals surface area (Å²) in [6.45, 7) is 0. The van der Waals surface area contributed by atoms with Crippen molar-refractivity contribution >= 4 is 29.5 Å². The molecule has 0 bridgehead atoms. The number of hydrogen-bond acceptors (Lipinski definition) is 3. The summed E-state index contributed by atoms with van der Waals surface area (Å²) in [4.78, 5) is 37.0. The van der Waals surface area contributed by atoms with Gasteiger partial charge in [-0.15, -0.1) is 0 Å². The minimum absolute atomic E-state index is 0.0186. The van der Waals surface area contributed by atoms with E-state index in [0.717, 1.165) is 6.42 Å². The largest absolute Gasteiger partial charge is 0.480 e. The van der Waals surface area contributed by atoms with E-state index in [4.69, 9.17) is 11.6 Å². The van der Waals surface area contributed by atoms with Gasteiger partial charge >= 0.3 is 18.2 Å². The molecule has 2 fully saturated rings. The predicted octanol–water partition coefficient (Wildman–Crippen LogP) is 4.54. The SMILES string of the molecule is O=C(O)[C@@H]1[C@@H](CCc2cccc(Cl)c2F)C(=O)N1C(=O)NC(C1CCCCC1)C(F)(F)F. The lowest BCUT2D eigenvalue weighted by Gasteiger charge is -2.44. The van der Waals surface area contributed by atoms with Crippen LogP contribution in [0.25, 0.3) is 0 Å². The Balaban J connectivity index is 1.70. The molecule has 0 spiro atoms. The van der Waals surface area contributed by atoms with Gasteiger partial charge in [0.05, 0.1) is 10.9 Å². The van der Waals surface area contributed by atoms with Gasteiger partial charge in [0.25, 0.3) is 0 Å². The highest BCUT2D eigenvalue weighted by molar-refractivity contribution is 6.30. The van der Waals surface area contributed by atoms with Crippen molar-refractivity contribution in [1.82, 2.24) is 10.2 Å². The zero-order chi connectivity index (χ0) is 23.6. The van der Waals surface area contributed by atoms with Crippen molar-refractivity contribution in [1.29, 1.82) is 0 Å². The molecule has 3 atom stereocenters. The van der Waals surface area contributed by atoms with E-state index in [2.05, 4.69) is 0 Å². The number of benzene rings is 1. The molecule has 1 unspecified atom stereocenters. The van der Waals surface area contributed by atoms with E-state index in [0.29, 0.717) is 17.7 Å². The molecule has 1 aromatic carbocycles. The number of halogens is 5. The summed E-state index contributed by atoms with van der Waals surface area (Å²) in [6, 6.07) is -0.879. The lowest BCUT2D eigenvalue weighted by atomic mass is 9.82. The standard InChI is InChI=1S/C21H23ClF4N2O4/c22-14-8-4-7-11(15(14)23)9-10-13-16(19(30)31)28(18(13)29)20(32)27-17(21(24,25)26)12-5-2-1-3-6-12/h4,7-8,12-13,16-17H,1-3,5-6,9-10H2,(H,27,32)(H,30,31)/t13-,16+,17?/m1/s1. The number of likely N-dealkylation sites (tertiary alicyclic amines) is 1. The number of β-lactam (4-membered cyclic amide) rings is 1. The van der Waals surface area contributed by atoms with Crippen LogP contribution >= 0.6 is 11.6 Å². The Hall–Kier alpha value is -2.36. The van der Waals surface area contributed by atoms with Crippen molar-refractivity contribution in [3.8, 4) is 0 Å². The summed E-state index contributed by atoms with van der Waals surface area (Å²) in [5.74, 6) is -5.09. The quantitative estimate of drug-likeness (QED) is 0.464. The number of nitrogens with zero attached hydrogens (tertiary/aromatic N) is 1. The molecule has 0 aromatic heterocycles. The number of nitrogens with one attached hydrogen (secondary N) is 1. The summed E-state index contributed by atoms with van der Waals surface area (Å²) < 4.78 is 54.8. The molecule has 1 aromatic rings. The normalized spacial score (nSPS) is 22.9. The Morgan fingerprint density at radius 1 is 1.22 bits per heavy atom. The first-order valence-electron chi connectivity index (χ1n) is 10.4. The average Bonchev–Trinajstić information content (AvgIpc) is 2.72. The minimum atomic E-state index is -4.73. The van der Waals surface area contributed by atoms with Gasteiger partial charge < -0.3 is 10.4 Å².